The second-order valence-corrected chi connectivity index (χ2v) is 6.83. The molecule has 1 aromatic carbocycles. The van der Waals surface area contributed by atoms with E-state index in [2.05, 4.69) is 15.6 Å². The summed E-state index contributed by atoms with van der Waals surface area (Å²) in [5.41, 5.74) is 0. The van der Waals surface area contributed by atoms with Gasteiger partial charge in [0.1, 0.15) is 5.82 Å². The molecule has 3 N–H and O–H groups in total. The van der Waals surface area contributed by atoms with Crippen LogP contribution in [0, 0.1) is 5.82 Å². The van der Waals surface area contributed by atoms with Crippen molar-refractivity contribution >= 4 is 17.7 Å². The average Bonchev–Trinajstić information content (AvgIpc) is 2.55. The highest BCUT2D eigenvalue weighted by atomic mass is 32.2. The molecule has 0 radical (unpaired) electrons. The molecule has 0 bridgehead atoms. The van der Waals surface area contributed by atoms with Gasteiger partial charge in [0.05, 0.1) is 12.6 Å². The van der Waals surface area contributed by atoms with Crippen LogP contribution in [-0.2, 0) is 0 Å². The smallest absolute Gasteiger partial charge is 0.191 e. The number of guanidine groups is 1. The molecule has 1 aromatic rings. The molecule has 0 unspecified atom stereocenters. The fourth-order valence-electron chi connectivity index (χ4n) is 2.61. The summed E-state index contributed by atoms with van der Waals surface area (Å²) in [6, 6.07) is 7.19. The molecule has 0 aromatic heterocycles. The predicted octanol–water partition coefficient (Wildman–Crippen LogP) is 2.78. The van der Waals surface area contributed by atoms with Crippen molar-refractivity contribution in [1.29, 1.82) is 0 Å². The third-order valence-corrected chi connectivity index (χ3v) is 4.87. The summed E-state index contributed by atoms with van der Waals surface area (Å²) in [6.07, 6.45) is 3.48. The molecule has 1 aliphatic rings. The second kappa shape index (κ2) is 9.78. The lowest BCUT2D eigenvalue weighted by Gasteiger charge is -2.27. The number of aliphatic hydroxyl groups is 1. The zero-order chi connectivity index (χ0) is 16.5. The van der Waals surface area contributed by atoms with Crippen molar-refractivity contribution in [3.8, 4) is 0 Å². The molecule has 2 rings (SSSR count). The largest absolute Gasteiger partial charge is 0.393 e. The molecule has 128 valence electrons. The minimum atomic E-state index is -0.174. The zero-order valence-electron chi connectivity index (χ0n) is 13.6. The third kappa shape index (κ3) is 6.39. The number of aliphatic hydroxyl groups excluding tert-OH is 1. The number of nitrogens with zero attached hydrogens (tertiary/aromatic N) is 1. The van der Waals surface area contributed by atoms with E-state index in [0.29, 0.717) is 17.5 Å². The van der Waals surface area contributed by atoms with Crippen LogP contribution < -0.4 is 10.6 Å². The van der Waals surface area contributed by atoms with Gasteiger partial charge in [-0.05, 0) is 44.7 Å². The third-order valence-electron chi connectivity index (χ3n) is 3.84. The first kappa shape index (κ1) is 18.1. The Kier molecular flexibility index (Phi) is 7.68. The molecular weight excluding hydrogens is 313 g/mol. The second-order valence-electron chi connectivity index (χ2n) is 5.69. The Morgan fingerprint density at radius 2 is 2.04 bits per heavy atom. The fraction of sp³-hybridized carbons (Fsp3) is 0.588. The normalized spacial score (nSPS) is 22.0. The lowest BCUT2D eigenvalue weighted by Crippen LogP contribution is -2.45. The molecule has 1 aliphatic carbocycles. The number of thioether (sulfide) groups is 1. The van der Waals surface area contributed by atoms with Gasteiger partial charge < -0.3 is 15.7 Å². The van der Waals surface area contributed by atoms with Crippen LogP contribution in [0.5, 0.6) is 0 Å². The zero-order valence-corrected chi connectivity index (χ0v) is 14.4. The standard InChI is InChI=1S/C17H26FN3OS/c1-2-19-17(21-13-7-9-14(22)10-8-13)20-11-12-23-16-6-4-3-5-15(16)18/h3-6,13-14,22H,2,7-12H2,1H3,(H2,19,20,21). The Hall–Kier alpha value is -1.27. The first-order valence-corrected chi connectivity index (χ1v) is 9.28. The Labute approximate surface area is 142 Å². The summed E-state index contributed by atoms with van der Waals surface area (Å²) in [5, 5.41) is 16.2. The lowest BCUT2D eigenvalue weighted by atomic mass is 9.93. The van der Waals surface area contributed by atoms with Crippen LogP contribution in [0.25, 0.3) is 0 Å². The van der Waals surface area contributed by atoms with Gasteiger partial charge in [0, 0.05) is 23.2 Å². The van der Waals surface area contributed by atoms with E-state index in [-0.39, 0.29) is 11.9 Å². The SMILES string of the molecule is CCNC(=NCCSc1ccccc1F)NC1CCC(O)CC1. The van der Waals surface area contributed by atoms with Crippen LogP contribution >= 0.6 is 11.8 Å². The van der Waals surface area contributed by atoms with Gasteiger partial charge in [0.2, 0.25) is 0 Å². The Morgan fingerprint density at radius 3 is 2.74 bits per heavy atom. The Morgan fingerprint density at radius 1 is 1.30 bits per heavy atom. The van der Waals surface area contributed by atoms with Crippen LogP contribution in [0.1, 0.15) is 32.6 Å². The Bertz CT molecular complexity index is 504. The first-order chi connectivity index (χ1) is 11.2. The van der Waals surface area contributed by atoms with Gasteiger partial charge in [-0.15, -0.1) is 11.8 Å². The highest BCUT2D eigenvalue weighted by Gasteiger charge is 2.19. The van der Waals surface area contributed by atoms with E-state index < -0.39 is 0 Å². The molecule has 0 saturated heterocycles. The van der Waals surface area contributed by atoms with Crippen molar-refractivity contribution in [1.82, 2.24) is 10.6 Å². The van der Waals surface area contributed by atoms with E-state index in [1.165, 1.54) is 17.8 Å². The molecule has 0 aliphatic heterocycles. The topological polar surface area (TPSA) is 56.7 Å². The maximum absolute atomic E-state index is 13.5. The number of nitrogens with one attached hydrogen (secondary N) is 2. The van der Waals surface area contributed by atoms with E-state index >= 15 is 0 Å². The van der Waals surface area contributed by atoms with E-state index in [1.54, 1.807) is 12.1 Å². The quantitative estimate of drug-likeness (QED) is 0.323. The van der Waals surface area contributed by atoms with Crippen LogP contribution in [0.2, 0.25) is 0 Å². The predicted molar refractivity (Wildman–Crippen MR) is 94.5 cm³/mol. The lowest BCUT2D eigenvalue weighted by molar-refractivity contribution is 0.120. The van der Waals surface area contributed by atoms with E-state index in [4.69, 9.17) is 0 Å². The number of hydrogen-bond donors (Lipinski definition) is 3. The fourth-order valence-corrected chi connectivity index (χ4v) is 3.39. The summed E-state index contributed by atoms with van der Waals surface area (Å²) in [7, 11) is 0. The number of rotatable bonds is 6. The first-order valence-electron chi connectivity index (χ1n) is 8.29. The van der Waals surface area contributed by atoms with Crippen LogP contribution in [0.15, 0.2) is 34.2 Å². The summed E-state index contributed by atoms with van der Waals surface area (Å²) >= 11 is 1.48. The van der Waals surface area contributed by atoms with Crippen LogP contribution in [-0.4, -0.2) is 42.1 Å². The molecule has 0 amide bonds. The maximum Gasteiger partial charge on any atom is 0.191 e. The molecule has 0 atom stereocenters. The van der Waals surface area contributed by atoms with Crippen molar-refractivity contribution in [2.24, 2.45) is 4.99 Å². The molecule has 1 fully saturated rings. The number of aliphatic imine (C=N–C) groups is 1. The number of hydrogen-bond acceptors (Lipinski definition) is 3. The van der Waals surface area contributed by atoms with E-state index in [0.717, 1.165) is 43.9 Å². The monoisotopic (exact) mass is 339 g/mol. The molecule has 0 heterocycles. The van der Waals surface area contributed by atoms with Gasteiger partial charge in [0.15, 0.2) is 5.96 Å². The summed E-state index contributed by atoms with van der Waals surface area (Å²) in [6.45, 7) is 3.47. The minimum Gasteiger partial charge on any atom is -0.393 e. The van der Waals surface area contributed by atoms with Crippen LogP contribution in [0.3, 0.4) is 0 Å². The average molecular weight is 339 g/mol. The summed E-state index contributed by atoms with van der Waals surface area (Å²) < 4.78 is 13.5. The molecular formula is C17H26FN3OS. The number of halogens is 1. The minimum absolute atomic E-state index is 0.148. The van der Waals surface area contributed by atoms with Crippen molar-refractivity contribution < 1.29 is 9.50 Å². The maximum atomic E-state index is 13.5. The Balaban J connectivity index is 1.78. The number of benzene rings is 1. The molecule has 4 nitrogen and oxygen atoms in total. The van der Waals surface area contributed by atoms with Gasteiger partial charge >= 0.3 is 0 Å². The van der Waals surface area contributed by atoms with Gasteiger partial charge in [0.25, 0.3) is 0 Å². The van der Waals surface area contributed by atoms with E-state index in [1.807, 2.05) is 13.0 Å². The van der Waals surface area contributed by atoms with Crippen molar-refractivity contribution in [2.45, 2.75) is 49.6 Å². The van der Waals surface area contributed by atoms with Crippen molar-refractivity contribution in [2.75, 3.05) is 18.8 Å². The summed E-state index contributed by atoms with van der Waals surface area (Å²) in [4.78, 5) is 5.23. The molecule has 0 spiro atoms. The summed E-state index contributed by atoms with van der Waals surface area (Å²) in [5.74, 6) is 1.37. The highest BCUT2D eigenvalue weighted by molar-refractivity contribution is 7.99. The van der Waals surface area contributed by atoms with Gasteiger partial charge in [-0.25, -0.2) is 4.39 Å². The van der Waals surface area contributed by atoms with Gasteiger partial charge in [-0.2, -0.15) is 0 Å². The van der Waals surface area contributed by atoms with Crippen molar-refractivity contribution in [3.05, 3.63) is 30.1 Å². The highest BCUT2D eigenvalue weighted by Crippen LogP contribution is 2.21. The molecule has 1 saturated carbocycles. The van der Waals surface area contributed by atoms with Crippen LogP contribution in [0.4, 0.5) is 4.39 Å². The van der Waals surface area contributed by atoms with Gasteiger partial charge in [-0.1, -0.05) is 12.1 Å². The molecule has 6 heteroatoms. The van der Waals surface area contributed by atoms with E-state index in [9.17, 15) is 9.50 Å². The van der Waals surface area contributed by atoms with Crippen molar-refractivity contribution in [3.63, 3.8) is 0 Å². The molecule has 23 heavy (non-hydrogen) atoms. The van der Waals surface area contributed by atoms with Gasteiger partial charge in [-0.3, -0.25) is 4.99 Å².